The standard InChI is InChI=1S/C61H39NO/c1-3-16-41(17-4-1)61(42-18-5-2-6-19-42)57-28-13-11-24-52(57)53-37-35-45(39-58(53)61)62(44-34-36-51-49-22-8-7-20-47(49)48-21-9-10-23-50(48)56(51)38-44)43-32-30-40(31-33-43)46-26-15-27-55-54-25-12-14-29-59(54)63-60(46)55/h1-39H. The van der Waals surface area contributed by atoms with Crippen molar-refractivity contribution in [3.8, 4) is 22.3 Å². The maximum absolute atomic E-state index is 6.51. The smallest absolute Gasteiger partial charge is 0.143 e. The van der Waals surface area contributed by atoms with Crippen LogP contribution in [0.15, 0.2) is 241 Å². The third-order valence-electron chi connectivity index (χ3n) is 13.5. The van der Waals surface area contributed by atoms with Gasteiger partial charge in [0.2, 0.25) is 0 Å². The average molecular weight is 802 g/mol. The first-order valence-electron chi connectivity index (χ1n) is 21.8. The van der Waals surface area contributed by atoms with E-state index in [9.17, 15) is 0 Å². The monoisotopic (exact) mass is 801 g/mol. The van der Waals surface area contributed by atoms with E-state index in [0.717, 1.165) is 50.1 Å². The van der Waals surface area contributed by atoms with Gasteiger partial charge < -0.3 is 9.32 Å². The second kappa shape index (κ2) is 13.9. The van der Waals surface area contributed by atoms with Crippen LogP contribution in [0.5, 0.6) is 0 Å². The average Bonchev–Trinajstić information content (AvgIpc) is 3.89. The van der Waals surface area contributed by atoms with Gasteiger partial charge in [0.25, 0.3) is 0 Å². The van der Waals surface area contributed by atoms with Crippen molar-refractivity contribution in [2.45, 2.75) is 5.41 Å². The van der Waals surface area contributed by atoms with Gasteiger partial charge in [0, 0.05) is 33.4 Å². The molecule has 0 unspecified atom stereocenters. The maximum atomic E-state index is 6.51. The number of furan rings is 1. The number of fused-ring (bicyclic) bond motifs is 12. The summed E-state index contributed by atoms with van der Waals surface area (Å²) in [5.74, 6) is 0. The van der Waals surface area contributed by atoms with Gasteiger partial charge in [-0.25, -0.2) is 0 Å². The molecule has 2 heteroatoms. The molecule has 1 aliphatic rings. The number of nitrogens with zero attached hydrogens (tertiary/aromatic N) is 1. The lowest BCUT2D eigenvalue weighted by molar-refractivity contribution is 0.670. The summed E-state index contributed by atoms with van der Waals surface area (Å²) in [7, 11) is 0. The van der Waals surface area contributed by atoms with E-state index in [1.165, 1.54) is 65.7 Å². The van der Waals surface area contributed by atoms with E-state index in [1.807, 2.05) is 6.07 Å². The summed E-state index contributed by atoms with van der Waals surface area (Å²) in [6.07, 6.45) is 0. The zero-order chi connectivity index (χ0) is 41.5. The Kier molecular flexibility index (Phi) is 7.85. The summed E-state index contributed by atoms with van der Waals surface area (Å²) in [4.78, 5) is 2.44. The second-order valence-corrected chi connectivity index (χ2v) is 16.7. The Labute approximate surface area is 365 Å². The van der Waals surface area contributed by atoms with Crippen molar-refractivity contribution < 1.29 is 4.42 Å². The molecule has 1 aliphatic carbocycles. The van der Waals surface area contributed by atoms with E-state index in [4.69, 9.17) is 4.42 Å². The molecule has 1 aromatic heterocycles. The van der Waals surface area contributed by atoms with E-state index in [2.05, 4.69) is 235 Å². The molecule has 0 saturated heterocycles. The fourth-order valence-electron chi connectivity index (χ4n) is 10.8. The molecule has 0 aliphatic heterocycles. The maximum Gasteiger partial charge on any atom is 0.143 e. The van der Waals surface area contributed by atoms with Crippen LogP contribution in [-0.2, 0) is 5.41 Å². The number of anilines is 3. The van der Waals surface area contributed by atoms with Gasteiger partial charge in [0.05, 0.1) is 5.41 Å². The van der Waals surface area contributed by atoms with E-state index < -0.39 is 5.41 Å². The Morgan fingerprint density at radius 3 is 1.49 bits per heavy atom. The Hall–Kier alpha value is -8.20. The van der Waals surface area contributed by atoms with Crippen molar-refractivity contribution in [2.24, 2.45) is 0 Å². The van der Waals surface area contributed by atoms with Crippen molar-refractivity contribution in [3.05, 3.63) is 259 Å². The Balaban J connectivity index is 1.06. The predicted octanol–water partition coefficient (Wildman–Crippen LogP) is 16.5. The highest BCUT2D eigenvalue weighted by Crippen LogP contribution is 2.57. The molecular weight excluding hydrogens is 763 g/mol. The molecular formula is C61H39NO. The van der Waals surface area contributed by atoms with Crippen molar-refractivity contribution in [1.29, 1.82) is 0 Å². The van der Waals surface area contributed by atoms with Gasteiger partial charge in [-0.05, 0) is 114 Å². The fourth-order valence-corrected chi connectivity index (χ4v) is 10.8. The lowest BCUT2D eigenvalue weighted by atomic mass is 9.67. The van der Waals surface area contributed by atoms with Gasteiger partial charge in [0.15, 0.2) is 0 Å². The highest BCUT2D eigenvalue weighted by atomic mass is 16.3. The summed E-state index contributed by atoms with van der Waals surface area (Å²) in [6, 6.07) is 86.7. The normalized spacial score (nSPS) is 12.9. The van der Waals surface area contributed by atoms with E-state index in [0.29, 0.717) is 0 Å². The van der Waals surface area contributed by atoms with Crippen LogP contribution in [0.1, 0.15) is 22.3 Å². The highest BCUT2D eigenvalue weighted by molar-refractivity contribution is 6.26. The van der Waals surface area contributed by atoms with Crippen molar-refractivity contribution in [1.82, 2.24) is 0 Å². The van der Waals surface area contributed by atoms with Crippen LogP contribution < -0.4 is 4.90 Å². The molecule has 0 atom stereocenters. The minimum Gasteiger partial charge on any atom is -0.455 e. The molecule has 1 heterocycles. The fraction of sp³-hybridized carbons (Fsp3) is 0.0164. The van der Waals surface area contributed by atoms with Crippen LogP contribution in [0.25, 0.3) is 76.5 Å². The molecule has 0 saturated carbocycles. The number of para-hydroxylation sites is 2. The lowest BCUT2D eigenvalue weighted by Crippen LogP contribution is -2.28. The first-order valence-corrected chi connectivity index (χ1v) is 21.8. The third kappa shape index (κ3) is 5.25. The Bertz CT molecular complexity index is 3660. The molecule has 12 aromatic rings. The van der Waals surface area contributed by atoms with Gasteiger partial charge in [-0.2, -0.15) is 0 Å². The minimum atomic E-state index is -0.524. The number of hydrogen-bond donors (Lipinski definition) is 0. The van der Waals surface area contributed by atoms with Gasteiger partial charge in [0.1, 0.15) is 11.2 Å². The second-order valence-electron chi connectivity index (χ2n) is 16.7. The third-order valence-corrected chi connectivity index (χ3v) is 13.5. The van der Waals surface area contributed by atoms with E-state index in [1.54, 1.807) is 0 Å². The largest absolute Gasteiger partial charge is 0.455 e. The molecule has 294 valence electrons. The molecule has 0 radical (unpaired) electrons. The van der Waals surface area contributed by atoms with E-state index >= 15 is 0 Å². The lowest BCUT2D eigenvalue weighted by Gasteiger charge is -2.35. The van der Waals surface area contributed by atoms with Crippen molar-refractivity contribution in [3.63, 3.8) is 0 Å². The molecule has 0 bridgehead atoms. The number of hydrogen-bond acceptors (Lipinski definition) is 2. The van der Waals surface area contributed by atoms with Crippen LogP contribution in [0.3, 0.4) is 0 Å². The van der Waals surface area contributed by atoms with Crippen LogP contribution in [-0.4, -0.2) is 0 Å². The van der Waals surface area contributed by atoms with E-state index in [-0.39, 0.29) is 0 Å². The molecule has 11 aromatic carbocycles. The molecule has 0 amide bonds. The SMILES string of the molecule is c1ccc(C2(c3ccccc3)c3ccccc3-c3ccc(N(c4ccc(-c5cccc6c5oc5ccccc56)cc4)c4ccc5c6ccccc6c6ccccc6c5c4)cc32)cc1. The first kappa shape index (κ1) is 35.5. The predicted molar refractivity (Wildman–Crippen MR) is 264 cm³/mol. The van der Waals surface area contributed by atoms with Gasteiger partial charge in [-0.1, -0.05) is 194 Å². The Morgan fingerprint density at radius 1 is 0.302 bits per heavy atom. The molecule has 2 nitrogen and oxygen atoms in total. The van der Waals surface area contributed by atoms with Crippen LogP contribution in [0, 0.1) is 0 Å². The van der Waals surface area contributed by atoms with Crippen molar-refractivity contribution in [2.75, 3.05) is 4.90 Å². The zero-order valence-corrected chi connectivity index (χ0v) is 34.4. The molecule has 0 fully saturated rings. The molecule has 13 rings (SSSR count). The van der Waals surface area contributed by atoms with Crippen LogP contribution >= 0.6 is 0 Å². The highest BCUT2D eigenvalue weighted by Gasteiger charge is 2.46. The quantitative estimate of drug-likeness (QED) is 0.156. The minimum absolute atomic E-state index is 0.524. The van der Waals surface area contributed by atoms with Crippen LogP contribution in [0.4, 0.5) is 17.1 Å². The topological polar surface area (TPSA) is 16.4 Å². The molecule has 0 N–H and O–H groups in total. The summed E-state index contributed by atoms with van der Waals surface area (Å²) < 4.78 is 6.51. The van der Waals surface area contributed by atoms with Crippen molar-refractivity contribution >= 4 is 71.3 Å². The van der Waals surface area contributed by atoms with Gasteiger partial charge in [-0.3, -0.25) is 0 Å². The summed E-state index contributed by atoms with van der Waals surface area (Å²) >= 11 is 0. The summed E-state index contributed by atoms with van der Waals surface area (Å²) in [6.45, 7) is 0. The zero-order valence-electron chi connectivity index (χ0n) is 34.4. The van der Waals surface area contributed by atoms with Gasteiger partial charge in [-0.15, -0.1) is 0 Å². The molecule has 63 heavy (non-hydrogen) atoms. The number of rotatable bonds is 6. The summed E-state index contributed by atoms with van der Waals surface area (Å²) in [5.41, 5.74) is 14.3. The number of benzene rings is 11. The first-order chi connectivity index (χ1) is 31.3. The summed E-state index contributed by atoms with van der Waals surface area (Å²) in [5, 5.41) is 9.79. The van der Waals surface area contributed by atoms with Gasteiger partial charge >= 0.3 is 0 Å². The Morgan fingerprint density at radius 2 is 0.794 bits per heavy atom. The van der Waals surface area contributed by atoms with Crippen LogP contribution in [0.2, 0.25) is 0 Å². The molecule has 0 spiro atoms.